The van der Waals surface area contributed by atoms with E-state index in [1.165, 1.54) is 46.8 Å². The van der Waals surface area contributed by atoms with E-state index in [2.05, 4.69) is 79.2 Å². The lowest BCUT2D eigenvalue weighted by molar-refractivity contribution is -0.149. The van der Waals surface area contributed by atoms with Crippen molar-refractivity contribution >= 4 is 21.9 Å². The Bertz CT molecular complexity index is 767. The normalized spacial score (nSPS) is 13.1. The van der Waals surface area contributed by atoms with Crippen molar-refractivity contribution in [3.8, 4) is 11.1 Å². The summed E-state index contributed by atoms with van der Waals surface area (Å²) in [5.74, 6) is 0.250. The van der Waals surface area contributed by atoms with Crippen LogP contribution in [0.25, 0.3) is 11.1 Å². The highest BCUT2D eigenvalue weighted by atomic mass is 79.9. The molecule has 0 bridgehead atoms. The van der Waals surface area contributed by atoms with Crippen LogP contribution in [0.5, 0.6) is 0 Å². The van der Waals surface area contributed by atoms with E-state index in [1.54, 1.807) is 0 Å². The van der Waals surface area contributed by atoms with Crippen LogP contribution in [0, 0.1) is 5.92 Å². The van der Waals surface area contributed by atoms with Crippen molar-refractivity contribution in [1.82, 2.24) is 0 Å². The fourth-order valence-electron chi connectivity index (χ4n) is 3.36. The Labute approximate surface area is 185 Å². The van der Waals surface area contributed by atoms with E-state index in [0.717, 1.165) is 18.4 Å². The number of unbranched alkanes of at least 4 members (excludes halogenated alkanes) is 3. The number of hydrogen-bond donors (Lipinski definition) is 0. The Morgan fingerprint density at radius 3 is 2.28 bits per heavy atom. The van der Waals surface area contributed by atoms with Crippen LogP contribution in [0.4, 0.5) is 0 Å². The van der Waals surface area contributed by atoms with Crippen molar-refractivity contribution < 1.29 is 9.53 Å². The first-order valence-electron chi connectivity index (χ1n) is 11.0. The van der Waals surface area contributed by atoms with Crippen LogP contribution >= 0.6 is 15.9 Å². The molecule has 3 heteroatoms. The van der Waals surface area contributed by atoms with Crippen LogP contribution in [-0.4, -0.2) is 5.97 Å². The van der Waals surface area contributed by atoms with E-state index in [1.807, 2.05) is 6.92 Å². The molecule has 158 valence electrons. The molecule has 0 spiro atoms. The molecule has 2 nitrogen and oxygen atoms in total. The van der Waals surface area contributed by atoms with Gasteiger partial charge in [0.15, 0.2) is 0 Å². The zero-order chi connectivity index (χ0) is 21.2. The van der Waals surface area contributed by atoms with Gasteiger partial charge in [0.2, 0.25) is 0 Å². The van der Waals surface area contributed by atoms with Crippen LogP contribution in [0.15, 0.2) is 46.9 Å². The Kier molecular flexibility index (Phi) is 9.93. The van der Waals surface area contributed by atoms with Gasteiger partial charge in [-0.3, -0.25) is 4.79 Å². The van der Waals surface area contributed by atoms with E-state index in [-0.39, 0.29) is 12.1 Å². The summed E-state index contributed by atoms with van der Waals surface area (Å²) in [6, 6.07) is 15.0. The number of rotatable bonds is 11. The number of hydrogen-bond acceptors (Lipinski definition) is 2. The van der Waals surface area contributed by atoms with Gasteiger partial charge in [-0.25, -0.2) is 0 Å². The second-order valence-electron chi connectivity index (χ2n) is 8.09. The molecule has 2 aromatic rings. The molecule has 0 aliphatic carbocycles. The third-order valence-corrected chi connectivity index (χ3v) is 6.32. The molecule has 2 rings (SSSR count). The highest BCUT2D eigenvalue weighted by Gasteiger charge is 2.14. The van der Waals surface area contributed by atoms with Gasteiger partial charge in [0.05, 0.1) is 0 Å². The smallest absolute Gasteiger partial charge is 0.306 e. The number of carbonyl (C=O) groups excluding carboxylic acids is 1. The summed E-state index contributed by atoms with van der Waals surface area (Å²) < 4.78 is 6.78. The van der Waals surface area contributed by atoms with Gasteiger partial charge in [-0.2, -0.15) is 0 Å². The Morgan fingerprint density at radius 2 is 1.66 bits per heavy atom. The van der Waals surface area contributed by atoms with Gasteiger partial charge in [-0.05, 0) is 54.0 Å². The molecule has 0 fully saturated rings. The zero-order valence-electron chi connectivity index (χ0n) is 18.3. The van der Waals surface area contributed by atoms with E-state index in [0.29, 0.717) is 12.3 Å². The molecule has 0 radical (unpaired) electrons. The van der Waals surface area contributed by atoms with Gasteiger partial charge >= 0.3 is 5.97 Å². The zero-order valence-corrected chi connectivity index (χ0v) is 19.9. The van der Waals surface area contributed by atoms with Crippen molar-refractivity contribution in [2.45, 2.75) is 78.7 Å². The maximum absolute atomic E-state index is 12.0. The van der Waals surface area contributed by atoms with Gasteiger partial charge in [0, 0.05) is 10.9 Å². The van der Waals surface area contributed by atoms with Gasteiger partial charge in [0.25, 0.3) is 0 Å². The highest BCUT2D eigenvalue weighted by Crippen LogP contribution is 2.29. The number of ether oxygens (including phenoxy) is 1. The average Bonchev–Trinajstić information content (AvgIpc) is 2.72. The summed E-state index contributed by atoms with van der Waals surface area (Å²) in [6.07, 6.45) is 7.50. The Hall–Kier alpha value is -1.61. The second-order valence-corrected chi connectivity index (χ2v) is 8.94. The van der Waals surface area contributed by atoms with E-state index >= 15 is 0 Å². The van der Waals surface area contributed by atoms with Gasteiger partial charge in [-0.1, -0.05) is 98.8 Å². The fraction of sp³-hybridized carbons (Fsp3) is 0.500. The third-order valence-electron chi connectivity index (χ3n) is 5.59. The number of halogens is 1. The molecule has 0 heterocycles. The molecule has 2 aromatic carbocycles. The topological polar surface area (TPSA) is 26.3 Å². The summed E-state index contributed by atoms with van der Waals surface area (Å²) >= 11 is 3.75. The molecule has 0 amide bonds. The Balaban J connectivity index is 1.98. The lowest BCUT2D eigenvalue weighted by Gasteiger charge is -2.16. The lowest BCUT2D eigenvalue weighted by atomic mass is 9.99. The van der Waals surface area contributed by atoms with Crippen LogP contribution in [-0.2, 0) is 16.0 Å². The quantitative estimate of drug-likeness (QED) is 0.250. The molecular weight excluding hydrogens is 424 g/mol. The number of benzene rings is 2. The fourth-order valence-corrected chi connectivity index (χ4v) is 3.94. The minimum absolute atomic E-state index is 0.116. The van der Waals surface area contributed by atoms with Crippen molar-refractivity contribution in [2.24, 2.45) is 5.92 Å². The molecule has 0 aromatic heterocycles. The van der Waals surface area contributed by atoms with Crippen molar-refractivity contribution in [1.29, 1.82) is 0 Å². The van der Waals surface area contributed by atoms with Crippen LogP contribution in [0.1, 0.15) is 83.5 Å². The molecule has 29 heavy (non-hydrogen) atoms. The first-order chi connectivity index (χ1) is 13.9. The van der Waals surface area contributed by atoms with E-state index < -0.39 is 0 Å². The van der Waals surface area contributed by atoms with Crippen molar-refractivity contribution in [2.75, 3.05) is 0 Å². The maximum atomic E-state index is 12.0. The molecule has 2 unspecified atom stereocenters. The monoisotopic (exact) mass is 458 g/mol. The van der Waals surface area contributed by atoms with Crippen LogP contribution in [0.3, 0.4) is 0 Å². The largest absolute Gasteiger partial charge is 0.458 e. The second kappa shape index (κ2) is 12.2. The maximum Gasteiger partial charge on any atom is 0.306 e. The van der Waals surface area contributed by atoms with E-state index in [9.17, 15) is 4.79 Å². The first-order valence-corrected chi connectivity index (χ1v) is 11.8. The predicted molar refractivity (Wildman–Crippen MR) is 126 cm³/mol. The van der Waals surface area contributed by atoms with Gasteiger partial charge < -0.3 is 4.74 Å². The standard InChI is InChI=1S/C26H35BrO2/c1-5-7-8-9-10-23-15-16-24(18-25(23)27)22-13-11-21(12-14-22)20(4)29-26(28)17-19(3)6-2/h11-16,18-20H,5-10,17H2,1-4H3. The highest BCUT2D eigenvalue weighted by molar-refractivity contribution is 9.10. The van der Waals surface area contributed by atoms with E-state index in [4.69, 9.17) is 4.74 Å². The Morgan fingerprint density at radius 1 is 0.966 bits per heavy atom. The molecule has 2 atom stereocenters. The third kappa shape index (κ3) is 7.62. The number of esters is 1. The lowest BCUT2D eigenvalue weighted by Crippen LogP contribution is -2.12. The molecule has 0 aliphatic heterocycles. The minimum atomic E-state index is -0.224. The molecule has 0 saturated carbocycles. The van der Waals surface area contributed by atoms with Crippen molar-refractivity contribution in [3.63, 3.8) is 0 Å². The predicted octanol–water partition coefficient (Wildman–Crippen LogP) is 8.28. The number of aryl methyl sites for hydroxylation is 1. The molecule has 0 aliphatic rings. The number of carbonyl (C=O) groups is 1. The summed E-state index contributed by atoms with van der Waals surface area (Å²) in [7, 11) is 0. The van der Waals surface area contributed by atoms with Crippen molar-refractivity contribution in [3.05, 3.63) is 58.1 Å². The van der Waals surface area contributed by atoms with Crippen LogP contribution in [0.2, 0.25) is 0 Å². The SMILES string of the molecule is CCCCCCc1ccc(-c2ccc(C(C)OC(=O)CC(C)CC)cc2)cc1Br. The van der Waals surface area contributed by atoms with Gasteiger partial charge in [-0.15, -0.1) is 0 Å². The summed E-state index contributed by atoms with van der Waals surface area (Å²) in [5.41, 5.74) is 4.77. The van der Waals surface area contributed by atoms with Gasteiger partial charge in [0.1, 0.15) is 6.10 Å². The summed E-state index contributed by atoms with van der Waals surface area (Å²) in [5, 5.41) is 0. The minimum Gasteiger partial charge on any atom is -0.458 e. The average molecular weight is 459 g/mol. The first kappa shape index (κ1) is 23.7. The summed E-state index contributed by atoms with van der Waals surface area (Å²) in [4.78, 5) is 12.0. The molecular formula is C26H35BrO2. The van der Waals surface area contributed by atoms with Crippen LogP contribution < -0.4 is 0 Å². The molecule has 0 N–H and O–H groups in total. The molecule has 0 saturated heterocycles. The summed E-state index contributed by atoms with van der Waals surface area (Å²) in [6.45, 7) is 8.36.